The van der Waals surface area contributed by atoms with Crippen molar-refractivity contribution in [2.24, 2.45) is 0 Å². The zero-order valence-corrected chi connectivity index (χ0v) is 16.2. The Morgan fingerprint density at radius 2 is 1.88 bits per heavy atom. The lowest BCUT2D eigenvalue weighted by atomic mass is 10.0. The molecule has 25 heavy (non-hydrogen) atoms. The molecule has 1 heterocycles. The molecule has 5 nitrogen and oxygen atoms in total. The summed E-state index contributed by atoms with van der Waals surface area (Å²) in [5.74, 6) is 0.874. The number of carbonyl (C=O) groups is 1. The van der Waals surface area contributed by atoms with Crippen molar-refractivity contribution >= 4 is 6.09 Å². The molecule has 1 aliphatic heterocycles. The van der Waals surface area contributed by atoms with Crippen LogP contribution in [-0.4, -0.2) is 42.8 Å². The van der Waals surface area contributed by atoms with Crippen LogP contribution in [0.15, 0.2) is 24.3 Å². The zero-order chi connectivity index (χ0) is 18.4. The minimum atomic E-state index is -0.441. The topological polar surface area (TPSA) is 50.8 Å². The van der Waals surface area contributed by atoms with E-state index in [1.54, 1.807) is 7.11 Å². The first-order valence-electron chi connectivity index (χ1n) is 9.16. The van der Waals surface area contributed by atoms with Gasteiger partial charge in [-0.05, 0) is 64.7 Å². The standard InChI is InChI=1S/C20H32N2O3/c1-15(16-8-10-18(24-5)11-9-16)21-17-7-6-13-22(14-12-17)19(23)25-20(2,3)4/h8-11,15,17,21H,6-7,12-14H2,1-5H3. The van der Waals surface area contributed by atoms with Crippen molar-refractivity contribution in [2.75, 3.05) is 20.2 Å². The van der Waals surface area contributed by atoms with Gasteiger partial charge in [0.05, 0.1) is 7.11 Å². The second-order valence-electron chi connectivity index (χ2n) is 7.76. The molecule has 1 aromatic rings. The quantitative estimate of drug-likeness (QED) is 0.889. The number of nitrogens with one attached hydrogen (secondary N) is 1. The van der Waals surface area contributed by atoms with Crippen LogP contribution in [0, 0.1) is 0 Å². The van der Waals surface area contributed by atoms with Crippen molar-refractivity contribution in [1.29, 1.82) is 0 Å². The molecule has 2 atom stereocenters. The van der Waals surface area contributed by atoms with Crippen LogP contribution in [0.4, 0.5) is 4.79 Å². The minimum Gasteiger partial charge on any atom is -0.497 e. The molecule has 0 saturated carbocycles. The van der Waals surface area contributed by atoms with Crippen LogP contribution in [0.1, 0.15) is 58.6 Å². The summed E-state index contributed by atoms with van der Waals surface area (Å²) in [6.45, 7) is 9.40. The van der Waals surface area contributed by atoms with Gasteiger partial charge in [0.15, 0.2) is 0 Å². The van der Waals surface area contributed by atoms with E-state index in [-0.39, 0.29) is 12.1 Å². The van der Waals surface area contributed by atoms with E-state index in [0.717, 1.165) is 38.1 Å². The molecule has 5 heteroatoms. The highest BCUT2D eigenvalue weighted by Gasteiger charge is 2.25. The Morgan fingerprint density at radius 3 is 2.48 bits per heavy atom. The Kier molecular flexibility index (Phi) is 6.71. The molecule has 1 amide bonds. The van der Waals surface area contributed by atoms with Gasteiger partial charge in [0.25, 0.3) is 0 Å². The minimum absolute atomic E-state index is 0.198. The highest BCUT2D eigenvalue weighted by atomic mass is 16.6. The maximum Gasteiger partial charge on any atom is 0.410 e. The van der Waals surface area contributed by atoms with Crippen molar-refractivity contribution in [3.05, 3.63) is 29.8 Å². The lowest BCUT2D eigenvalue weighted by molar-refractivity contribution is 0.0256. The van der Waals surface area contributed by atoms with E-state index >= 15 is 0 Å². The Hall–Kier alpha value is -1.75. The van der Waals surface area contributed by atoms with E-state index in [4.69, 9.17) is 9.47 Å². The molecule has 1 aromatic carbocycles. The Bertz CT molecular complexity index is 551. The summed E-state index contributed by atoms with van der Waals surface area (Å²) < 4.78 is 10.7. The van der Waals surface area contributed by atoms with Crippen molar-refractivity contribution < 1.29 is 14.3 Å². The normalized spacial score (nSPS) is 19.9. The molecular weight excluding hydrogens is 316 g/mol. The smallest absolute Gasteiger partial charge is 0.410 e. The van der Waals surface area contributed by atoms with Crippen molar-refractivity contribution in [2.45, 2.75) is 64.6 Å². The van der Waals surface area contributed by atoms with Crippen LogP contribution >= 0.6 is 0 Å². The molecule has 0 aliphatic carbocycles. The number of rotatable bonds is 4. The monoisotopic (exact) mass is 348 g/mol. The molecule has 0 aromatic heterocycles. The third-order valence-corrected chi connectivity index (χ3v) is 4.48. The Morgan fingerprint density at radius 1 is 1.20 bits per heavy atom. The van der Waals surface area contributed by atoms with Crippen LogP contribution < -0.4 is 10.1 Å². The number of hydrogen-bond donors (Lipinski definition) is 1. The number of ether oxygens (including phenoxy) is 2. The average Bonchev–Trinajstić information content (AvgIpc) is 2.79. The predicted octanol–water partition coefficient (Wildman–Crippen LogP) is 4.14. The summed E-state index contributed by atoms with van der Waals surface area (Å²) in [7, 11) is 1.68. The number of carbonyl (C=O) groups excluding carboxylic acids is 1. The lowest BCUT2D eigenvalue weighted by Crippen LogP contribution is -2.38. The Labute approximate surface area is 151 Å². The zero-order valence-electron chi connectivity index (χ0n) is 16.2. The maximum absolute atomic E-state index is 12.2. The second-order valence-corrected chi connectivity index (χ2v) is 7.76. The molecular formula is C20H32N2O3. The summed E-state index contributed by atoms with van der Waals surface area (Å²) in [5.41, 5.74) is 0.804. The number of nitrogens with zero attached hydrogens (tertiary/aromatic N) is 1. The summed E-state index contributed by atoms with van der Waals surface area (Å²) in [6, 6.07) is 8.85. The first kappa shape index (κ1) is 19.6. The fraction of sp³-hybridized carbons (Fsp3) is 0.650. The molecule has 0 spiro atoms. The van der Waals surface area contributed by atoms with Crippen LogP contribution in [0.5, 0.6) is 5.75 Å². The van der Waals surface area contributed by atoms with Crippen LogP contribution in [-0.2, 0) is 4.74 Å². The van der Waals surface area contributed by atoms with Crippen LogP contribution in [0.3, 0.4) is 0 Å². The number of methoxy groups -OCH3 is 1. The molecule has 140 valence electrons. The van der Waals surface area contributed by atoms with E-state index < -0.39 is 5.60 Å². The third-order valence-electron chi connectivity index (χ3n) is 4.48. The van der Waals surface area contributed by atoms with E-state index in [0.29, 0.717) is 6.04 Å². The summed E-state index contributed by atoms with van der Waals surface area (Å²) in [4.78, 5) is 14.1. The van der Waals surface area contributed by atoms with Gasteiger partial charge in [-0.15, -0.1) is 0 Å². The second kappa shape index (κ2) is 8.56. The van der Waals surface area contributed by atoms with Crippen molar-refractivity contribution in [3.63, 3.8) is 0 Å². The Balaban J connectivity index is 1.86. The first-order chi connectivity index (χ1) is 11.8. The number of amides is 1. The number of benzene rings is 1. The van der Waals surface area contributed by atoms with E-state index in [1.807, 2.05) is 37.8 Å². The molecule has 0 radical (unpaired) electrons. The van der Waals surface area contributed by atoms with E-state index in [1.165, 1.54) is 5.56 Å². The first-order valence-corrected chi connectivity index (χ1v) is 9.16. The van der Waals surface area contributed by atoms with Crippen LogP contribution in [0.2, 0.25) is 0 Å². The fourth-order valence-corrected chi connectivity index (χ4v) is 3.11. The third kappa shape index (κ3) is 6.24. The average molecular weight is 348 g/mol. The summed E-state index contributed by atoms with van der Waals surface area (Å²) in [5, 5.41) is 3.70. The summed E-state index contributed by atoms with van der Waals surface area (Å²) >= 11 is 0. The van der Waals surface area contributed by atoms with Crippen molar-refractivity contribution in [3.8, 4) is 5.75 Å². The van der Waals surface area contributed by atoms with Crippen molar-refractivity contribution in [1.82, 2.24) is 10.2 Å². The SMILES string of the molecule is COc1ccc(C(C)NC2CCCN(C(=O)OC(C)(C)C)CC2)cc1. The van der Waals surface area contributed by atoms with Gasteiger partial charge in [-0.2, -0.15) is 0 Å². The van der Waals surface area contributed by atoms with Gasteiger partial charge >= 0.3 is 6.09 Å². The van der Waals surface area contributed by atoms with E-state index in [2.05, 4.69) is 24.4 Å². The molecule has 2 unspecified atom stereocenters. The predicted molar refractivity (Wildman–Crippen MR) is 100.0 cm³/mol. The van der Waals surface area contributed by atoms with Gasteiger partial charge in [0.2, 0.25) is 0 Å². The maximum atomic E-state index is 12.2. The molecule has 0 bridgehead atoms. The lowest BCUT2D eigenvalue weighted by Gasteiger charge is -2.26. The highest BCUT2D eigenvalue weighted by Crippen LogP contribution is 2.21. The van der Waals surface area contributed by atoms with Crippen LogP contribution in [0.25, 0.3) is 0 Å². The molecule has 1 aliphatic rings. The molecule has 1 fully saturated rings. The largest absolute Gasteiger partial charge is 0.497 e. The highest BCUT2D eigenvalue weighted by molar-refractivity contribution is 5.68. The van der Waals surface area contributed by atoms with Gasteiger partial charge in [0, 0.05) is 25.2 Å². The summed E-state index contributed by atoms with van der Waals surface area (Å²) in [6.07, 6.45) is 2.81. The molecule has 2 rings (SSSR count). The molecule has 1 saturated heterocycles. The van der Waals surface area contributed by atoms with Gasteiger partial charge < -0.3 is 19.7 Å². The number of hydrogen-bond acceptors (Lipinski definition) is 4. The van der Waals surface area contributed by atoms with Gasteiger partial charge in [-0.3, -0.25) is 0 Å². The number of likely N-dealkylation sites (tertiary alicyclic amines) is 1. The molecule has 1 N–H and O–H groups in total. The van der Waals surface area contributed by atoms with Gasteiger partial charge in [-0.25, -0.2) is 4.79 Å². The van der Waals surface area contributed by atoms with Gasteiger partial charge in [-0.1, -0.05) is 12.1 Å². The van der Waals surface area contributed by atoms with E-state index in [9.17, 15) is 4.79 Å². The van der Waals surface area contributed by atoms with Gasteiger partial charge in [0.1, 0.15) is 11.4 Å². The fourth-order valence-electron chi connectivity index (χ4n) is 3.11.